The monoisotopic (exact) mass is 277 g/mol. The van der Waals surface area contributed by atoms with Gasteiger partial charge in [0, 0.05) is 24.0 Å². The number of hydrogen-bond acceptors (Lipinski definition) is 5. The van der Waals surface area contributed by atoms with Gasteiger partial charge < -0.3 is 5.32 Å². The molecule has 0 aromatic carbocycles. The van der Waals surface area contributed by atoms with E-state index < -0.39 is 0 Å². The molecule has 0 saturated carbocycles. The molecule has 0 spiro atoms. The number of carbonyl (C=O) groups is 1. The predicted molar refractivity (Wildman–Crippen MR) is 73.6 cm³/mol. The first kappa shape index (κ1) is 13.5. The van der Waals surface area contributed by atoms with Crippen LogP contribution in [0.3, 0.4) is 0 Å². The molecule has 0 atom stereocenters. The molecule has 6 nitrogen and oxygen atoms in total. The first-order valence-electron chi connectivity index (χ1n) is 5.90. The predicted octanol–water partition coefficient (Wildman–Crippen LogP) is 1.48. The summed E-state index contributed by atoms with van der Waals surface area (Å²) in [6.45, 7) is 3.85. The van der Waals surface area contributed by atoms with Crippen LogP contribution in [0.5, 0.6) is 0 Å². The molecule has 0 aliphatic rings. The van der Waals surface area contributed by atoms with Crippen LogP contribution < -0.4 is 5.32 Å². The van der Waals surface area contributed by atoms with Gasteiger partial charge >= 0.3 is 0 Å². The average Bonchev–Trinajstić information content (AvgIpc) is 2.85. The Kier molecular flexibility index (Phi) is 4.51. The van der Waals surface area contributed by atoms with Crippen LogP contribution in [0.1, 0.15) is 13.8 Å². The van der Waals surface area contributed by atoms with Crippen molar-refractivity contribution in [3.63, 3.8) is 0 Å². The molecule has 2 aromatic rings. The van der Waals surface area contributed by atoms with Crippen molar-refractivity contribution in [3.8, 4) is 11.4 Å². The van der Waals surface area contributed by atoms with Crippen molar-refractivity contribution in [1.29, 1.82) is 0 Å². The summed E-state index contributed by atoms with van der Waals surface area (Å²) in [4.78, 5) is 19.8. The third kappa shape index (κ3) is 4.06. The highest BCUT2D eigenvalue weighted by molar-refractivity contribution is 7.99. The molecule has 0 bridgehead atoms. The highest BCUT2D eigenvalue weighted by Crippen LogP contribution is 2.18. The Balaban J connectivity index is 1.93. The molecule has 2 N–H and O–H groups in total. The molecule has 1 amide bonds. The van der Waals surface area contributed by atoms with E-state index in [9.17, 15) is 4.79 Å². The number of amides is 1. The first-order chi connectivity index (χ1) is 9.15. The van der Waals surface area contributed by atoms with Crippen LogP contribution in [0.15, 0.2) is 29.7 Å². The van der Waals surface area contributed by atoms with Gasteiger partial charge in [0.05, 0.1) is 5.75 Å². The number of nitrogens with zero attached hydrogens (tertiary/aromatic N) is 3. The summed E-state index contributed by atoms with van der Waals surface area (Å²) in [5, 5.41) is 10.3. The molecular weight excluding hydrogens is 262 g/mol. The van der Waals surface area contributed by atoms with Gasteiger partial charge in [0.2, 0.25) is 11.1 Å². The summed E-state index contributed by atoms with van der Waals surface area (Å²) in [7, 11) is 0. The summed E-state index contributed by atoms with van der Waals surface area (Å²) in [5.74, 6) is 0.968. The van der Waals surface area contributed by atoms with E-state index in [-0.39, 0.29) is 11.9 Å². The van der Waals surface area contributed by atoms with Crippen LogP contribution in [0.25, 0.3) is 11.4 Å². The molecule has 7 heteroatoms. The quantitative estimate of drug-likeness (QED) is 0.809. The SMILES string of the molecule is CC(C)NC(=O)CSc1n[nH]c(-c2ccncc2)n1. The van der Waals surface area contributed by atoms with E-state index in [4.69, 9.17) is 0 Å². The Morgan fingerprint density at radius 1 is 1.42 bits per heavy atom. The lowest BCUT2D eigenvalue weighted by Crippen LogP contribution is -2.31. The summed E-state index contributed by atoms with van der Waals surface area (Å²) in [6.07, 6.45) is 3.39. The van der Waals surface area contributed by atoms with Gasteiger partial charge in [-0.15, -0.1) is 5.10 Å². The van der Waals surface area contributed by atoms with Crippen molar-refractivity contribution >= 4 is 17.7 Å². The van der Waals surface area contributed by atoms with Crippen molar-refractivity contribution in [2.75, 3.05) is 5.75 Å². The largest absolute Gasteiger partial charge is 0.353 e. The van der Waals surface area contributed by atoms with Crippen LogP contribution in [0.4, 0.5) is 0 Å². The topological polar surface area (TPSA) is 83.6 Å². The van der Waals surface area contributed by atoms with Crippen molar-refractivity contribution < 1.29 is 4.79 Å². The van der Waals surface area contributed by atoms with Crippen molar-refractivity contribution in [3.05, 3.63) is 24.5 Å². The molecule has 0 fully saturated rings. The number of hydrogen-bond donors (Lipinski definition) is 2. The fraction of sp³-hybridized carbons (Fsp3) is 0.333. The fourth-order valence-corrected chi connectivity index (χ4v) is 2.05. The minimum Gasteiger partial charge on any atom is -0.353 e. The number of H-pyrrole nitrogens is 1. The number of rotatable bonds is 5. The van der Waals surface area contributed by atoms with Crippen LogP contribution in [-0.4, -0.2) is 37.9 Å². The van der Waals surface area contributed by atoms with Gasteiger partial charge in [-0.1, -0.05) is 11.8 Å². The zero-order valence-corrected chi connectivity index (χ0v) is 11.6. The van der Waals surface area contributed by atoms with E-state index in [2.05, 4.69) is 25.5 Å². The summed E-state index contributed by atoms with van der Waals surface area (Å²) in [5.41, 5.74) is 0.918. The highest BCUT2D eigenvalue weighted by atomic mass is 32.2. The Morgan fingerprint density at radius 3 is 2.84 bits per heavy atom. The number of aromatic amines is 1. The van der Waals surface area contributed by atoms with Crippen LogP contribution in [-0.2, 0) is 4.79 Å². The van der Waals surface area contributed by atoms with Gasteiger partial charge in [-0.05, 0) is 26.0 Å². The van der Waals surface area contributed by atoms with Gasteiger partial charge in [-0.3, -0.25) is 14.9 Å². The van der Waals surface area contributed by atoms with E-state index in [0.717, 1.165) is 5.56 Å². The Hall–Kier alpha value is -1.89. The van der Waals surface area contributed by atoms with Crippen LogP contribution in [0.2, 0.25) is 0 Å². The molecule has 2 rings (SSSR count). The molecule has 2 aromatic heterocycles. The minimum atomic E-state index is -0.0183. The van der Waals surface area contributed by atoms with E-state index in [1.54, 1.807) is 12.4 Å². The minimum absolute atomic E-state index is 0.0183. The number of aromatic nitrogens is 4. The van der Waals surface area contributed by atoms with E-state index in [1.165, 1.54) is 11.8 Å². The Labute approximate surface area is 115 Å². The number of pyridine rings is 1. The maximum atomic E-state index is 11.5. The molecule has 0 aliphatic heterocycles. The molecule has 0 unspecified atom stereocenters. The van der Waals surface area contributed by atoms with Crippen LogP contribution >= 0.6 is 11.8 Å². The maximum Gasteiger partial charge on any atom is 0.230 e. The normalized spacial score (nSPS) is 10.7. The second-order valence-electron chi connectivity index (χ2n) is 4.21. The third-order valence-corrected chi connectivity index (χ3v) is 3.05. The van der Waals surface area contributed by atoms with E-state index in [0.29, 0.717) is 16.7 Å². The van der Waals surface area contributed by atoms with E-state index in [1.807, 2.05) is 26.0 Å². The highest BCUT2D eigenvalue weighted by Gasteiger charge is 2.09. The standard InChI is InChI=1S/C12H15N5OS/c1-8(2)14-10(18)7-19-12-15-11(16-17-12)9-3-5-13-6-4-9/h3-6,8H,7H2,1-2H3,(H,14,18)(H,15,16,17). The van der Waals surface area contributed by atoms with Crippen LogP contribution in [0, 0.1) is 0 Å². The lowest BCUT2D eigenvalue weighted by Gasteiger charge is -2.06. The summed E-state index contributed by atoms with van der Waals surface area (Å²) < 4.78 is 0. The van der Waals surface area contributed by atoms with Crippen molar-refractivity contribution in [2.24, 2.45) is 0 Å². The van der Waals surface area contributed by atoms with Crippen molar-refractivity contribution in [1.82, 2.24) is 25.5 Å². The third-order valence-electron chi connectivity index (χ3n) is 2.20. The zero-order valence-electron chi connectivity index (χ0n) is 10.8. The molecule has 19 heavy (non-hydrogen) atoms. The van der Waals surface area contributed by atoms with Gasteiger partial charge in [0.15, 0.2) is 5.82 Å². The molecule has 0 saturated heterocycles. The van der Waals surface area contributed by atoms with Crippen molar-refractivity contribution in [2.45, 2.75) is 25.0 Å². The second-order valence-corrected chi connectivity index (χ2v) is 5.16. The van der Waals surface area contributed by atoms with Gasteiger partial charge in [0.1, 0.15) is 0 Å². The lowest BCUT2D eigenvalue weighted by atomic mass is 10.3. The average molecular weight is 277 g/mol. The molecular formula is C12H15N5OS. The molecule has 0 radical (unpaired) electrons. The molecule has 0 aliphatic carbocycles. The number of thioether (sulfide) groups is 1. The molecule has 100 valence electrons. The Morgan fingerprint density at radius 2 is 2.16 bits per heavy atom. The smallest absolute Gasteiger partial charge is 0.230 e. The van der Waals surface area contributed by atoms with Gasteiger partial charge in [0.25, 0.3) is 0 Å². The van der Waals surface area contributed by atoms with E-state index >= 15 is 0 Å². The summed E-state index contributed by atoms with van der Waals surface area (Å²) >= 11 is 1.30. The fourth-order valence-electron chi connectivity index (χ4n) is 1.44. The zero-order chi connectivity index (χ0) is 13.7. The second kappa shape index (κ2) is 6.33. The molecule has 2 heterocycles. The maximum absolute atomic E-state index is 11.5. The lowest BCUT2D eigenvalue weighted by molar-refractivity contribution is -0.119. The number of nitrogens with one attached hydrogen (secondary N) is 2. The number of carbonyl (C=O) groups excluding carboxylic acids is 1. The summed E-state index contributed by atoms with van der Waals surface area (Å²) in [6, 6.07) is 3.84. The first-order valence-corrected chi connectivity index (χ1v) is 6.88. The van der Waals surface area contributed by atoms with Gasteiger partial charge in [-0.25, -0.2) is 4.98 Å². The Bertz CT molecular complexity index is 540. The van der Waals surface area contributed by atoms with Gasteiger partial charge in [-0.2, -0.15) is 0 Å².